The molecule has 12 nitrogen and oxygen atoms in total. The molecule has 0 radical (unpaired) electrons. The lowest BCUT2D eigenvalue weighted by Gasteiger charge is -2.25. The van der Waals surface area contributed by atoms with Crippen molar-refractivity contribution < 1.29 is 9.59 Å². The Morgan fingerprint density at radius 2 is 1.71 bits per heavy atom. The van der Waals surface area contributed by atoms with E-state index in [1.165, 1.54) is 34.0 Å². The average molecular weight is 593 g/mol. The van der Waals surface area contributed by atoms with Gasteiger partial charge in [0.05, 0.1) is 12.1 Å². The molecule has 202 valence electrons. The van der Waals surface area contributed by atoms with E-state index in [0.29, 0.717) is 16.7 Å². The fraction of sp³-hybridized carbons (Fsp3) is 0.545. The van der Waals surface area contributed by atoms with Gasteiger partial charge in [0.15, 0.2) is 10.3 Å². The Bertz CT molecular complexity index is 1300. The van der Waals surface area contributed by atoms with Crippen LogP contribution in [0.25, 0.3) is 0 Å². The number of amidine groups is 1. The number of nitrogens with zero attached hydrogens (tertiary/aromatic N) is 6. The Labute approximate surface area is 236 Å². The molecule has 16 heteroatoms. The maximum Gasteiger partial charge on any atom is 0.232 e. The van der Waals surface area contributed by atoms with E-state index in [1.54, 1.807) is 25.9 Å². The summed E-state index contributed by atoms with van der Waals surface area (Å²) < 4.78 is 0. The molecule has 4 heterocycles. The normalized spacial score (nSPS) is 22.3. The van der Waals surface area contributed by atoms with Gasteiger partial charge in [-0.15, -0.1) is 31.7 Å². The number of carbonyl (C=O) groups is 2. The second kappa shape index (κ2) is 12.4. The van der Waals surface area contributed by atoms with Crippen molar-refractivity contribution >= 4 is 78.1 Å². The van der Waals surface area contributed by atoms with Gasteiger partial charge in [-0.05, 0) is 19.3 Å². The molecule has 0 bridgehead atoms. The molecular weight excluding hydrogens is 565 g/mol. The summed E-state index contributed by atoms with van der Waals surface area (Å²) in [5, 5.41) is 35.6. The van der Waals surface area contributed by atoms with Crippen molar-refractivity contribution in [3.63, 3.8) is 0 Å². The first kappa shape index (κ1) is 26.9. The monoisotopic (exact) mass is 592 g/mol. The van der Waals surface area contributed by atoms with E-state index in [4.69, 9.17) is 0 Å². The van der Waals surface area contributed by atoms with Crippen molar-refractivity contribution in [1.82, 2.24) is 30.7 Å². The Balaban J connectivity index is 1.12. The number of rotatable bonds is 9. The van der Waals surface area contributed by atoms with Gasteiger partial charge in [-0.3, -0.25) is 14.6 Å². The van der Waals surface area contributed by atoms with Crippen LogP contribution in [-0.4, -0.2) is 68.3 Å². The second-order valence-corrected chi connectivity index (χ2v) is 12.9. The second-order valence-electron chi connectivity index (χ2n) is 9.00. The molecule has 2 aliphatic rings. The summed E-state index contributed by atoms with van der Waals surface area (Å²) in [6.07, 6.45) is 4.53. The van der Waals surface area contributed by atoms with Crippen molar-refractivity contribution in [2.75, 3.05) is 35.8 Å². The Hall–Kier alpha value is -2.69. The lowest BCUT2D eigenvalue weighted by Crippen LogP contribution is -2.31. The number of aromatic nitrogens is 5. The van der Waals surface area contributed by atoms with Gasteiger partial charge >= 0.3 is 0 Å². The predicted molar refractivity (Wildman–Crippen MR) is 154 cm³/mol. The standard InChI is InChI=1S/C22H28N10O2S4/c1-23-19-25-13(9-35-19)7-15(33)27-21-31-29-17(37-21)11-4-3-5-12(6-11)18-30-32-22(38-18)28-16(34)8-14-10-36-20(24-2)26-14/h9,11-12,14H,3-8,10H2,1-2H3,(H,23,25)(H,24,26)(H,27,31,33)(H,28,32,34). The third kappa shape index (κ3) is 6.84. The quantitative estimate of drug-likeness (QED) is 0.289. The fourth-order valence-corrected chi connectivity index (χ4v) is 7.86. The van der Waals surface area contributed by atoms with Gasteiger partial charge in [-0.25, -0.2) is 4.98 Å². The van der Waals surface area contributed by atoms with E-state index in [-0.39, 0.29) is 36.1 Å². The minimum Gasteiger partial charge on any atom is -0.365 e. The fourth-order valence-electron chi connectivity index (χ4n) is 4.44. The van der Waals surface area contributed by atoms with Crippen LogP contribution in [0.1, 0.15) is 59.6 Å². The van der Waals surface area contributed by atoms with Crippen LogP contribution in [0, 0.1) is 0 Å². The van der Waals surface area contributed by atoms with Crippen LogP contribution < -0.4 is 21.3 Å². The summed E-state index contributed by atoms with van der Waals surface area (Å²) in [6, 6.07) is 0.0743. The van der Waals surface area contributed by atoms with Gasteiger partial charge in [0.25, 0.3) is 0 Å². The number of nitrogens with one attached hydrogen (secondary N) is 4. The van der Waals surface area contributed by atoms with E-state index in [2.05, 4.69) is 51.6 Å². The summed E-state index contributed by atoms with van der Waals surface area (Å²) in [5.74, 6) is 1.08. The first-order valence-electron chi connectivity index (χ1n) is 12.2. The van der Waals surface area contributed by atoms with Crippen molar-refractivity contribution in [2.24, 2.45) is 4.99 Å². The van der Waals surface area contributed by atoms with Crippen LogP contribution in [0.15, 0.2) is 10.4 Å². The summed E-state index contributed by atoms with van der Waals surface area (Å²) >= 11 is 5.96. The zero-order chi connectivity index (χ0) is 26.5. The van der Waals surface area contributed by atoms with Crippen LogP contribution in [-0.2, 0) is 16.0 Å². The number of thiazole rings is 1. The number of anilines is 3. The molecule has 38 heavy (non-hydrogen) atoms. The Morgan fingerprint density at radius 1 is 1.03 bits per heavy atom. The molecule has 3 aromatic heterocycles. The highest BCUT2D eigenvalue weighted by Gasteiger charge is 2.30. The van der Waals surface area contributed by atoms with Crippen LogP contribution >= 0.6 is 45.8 Å². The number of carbonyl (C=O) groups excluding carboxylic acids is 2. The lowest BCUT2D eigenvalue weighted by molar-refractivity contribution is -0.117. The van der Waals surface area contributed by atoms with E-state index in [9.17, 15) is 9.59 Å². The minimum atomic E-state index is -0.160. The average Bonchev–Trinajstić information content (AvgIpc) is 3.72. The van der Waals surface area contributed by atoms with Gasteiger partial charge in [0, 0.05) is 49.5 Å². The van der Waals surface area contributed by atoms with Crippen LogP contribution in [0.4, 0.5) is 15.4 Å². The third-order valence-corrected chi connectivity index (χ3v) is 10.3. The molecule has 3 atom stereocenters. The number of amides is 2. The first-order chi connectivity index (χ1) is 18.5. The molecule has 5 rings (SSSR count). The maximum absolute atomic E-state index is 12.5. The van der Waals surface area contributed by atoms with E-state index in [1.807, 2.05) is 5.38 Å². The first-order valence-corrected chi connectivity index (χ1v) is 15.7. The highest BCUT2D eigenvalue weighted by Crippen LogP contribution is 2.43. The highest BCUT2D eigenvalue weighted by atomic mass is 32.2. The maximum atomic E-state index is 12.5. The largest absolute Gasteiger partial charge is 0.365 e. The van der Waals surface area contributed by atoms with Crippen LogP contribution in [0.3, 0.4) is 0 Å². The molecule has 3 unspecified atom stereocenters. The zero-order valence-electron chi connectivity index (χ0n) is 20.9. The van der Waals surface area contributed by atoms with Gasteiger partial charge in [-0.2, -0.15) is 0 Å². The van der Waals surface area contributed by atoms with E-state index in [0.717, 1.165) is 57.4 Å². The van der Waals surface area contributed by atoms with Crippen LogP contribution in [0.2, 0.25) is 0 Å². The molecule has 2 amide bonds. The van der Waals surface area contributed by atoms with Gasteiger partial charge in [0.2, 0.25) is 22.1 Å². The summed E-state index contributed by atoms with van der Waals surface area (Å²) in [4.78, 5) is 33.4. The van der Waals surface area contributed by atoms with E-state index < -0.39 is 0 Å². The Kier molecular flexibility index (Phi) is 8.81. The molecule has 1 saturated heterocycles. The molecule has 1 aliphatic heterocycles. The van der Waals surface area contributed by atoms with Gasteiger partial charge in [-0.1, -0.05) is 40.9 Å². The highest BCUT2D eigenvalue weighted by molar-refractivity contribution is 8.14. The molecule has 0 aromatic carbocycles. The van der Waals surface area contributed by atoms with Gasteiger partial charge < -0.3 is 21.3 Å². The van der Waals surface area contributed by atoms with Crippen molar-refractivity contribution in [3.05, 3.63) is 21.1 Å². The summed E-state index contributed by atoms with van der Waals surface area (Å²) in [5.41, 5.74) is 0.721. The topological polar surface area (TPSA) is 159 Å². The molecule has 3 aromatic rings. The van der Waals surface area contributed by atoms with E-state index >= 15 is 0 Å². The molecule has 0 spiro atoms. The number of hydrogen-bond donors (Lipinski definition) is 4. The van der Waals surface area contributed by atoms with Crippen molar-refractivity contribution in [3.8, 4) is 0 Å². The SMILES string of the molecule is CN=C1NC(CC(=O)Nc2nnc(C3CCCC(c4nnc(NC(=O)Cc5csc(NC)n5)s4)C3)s2)CS1. The predicted octanol–water partition coefficient (Wildman–Crippen LogP) is 3.53. The number of thioether (sulfide) groups is 1. The van der Waals surface area contributed by atoms with Crippen LogP contribution in [0.5, 0.6) is 0 Å². The number of aliphatic imine (C=N–C) groups is 1. The zero-order valence-corrected chi connectivity index (χ0v) is 24.2. The molecule has 1 aliphatic carbocycles. The lowest BCUT2D eigenvalue weighted by atomic mass is 9.82. The molecular formula is C22H28N10O2S4. The van der Waals surface area contributed by atoms with Crippen molar-refractivity contribution in [2.45, 2.75) is 56.4 Å². The molecule has 1 saturated carbocycles. The molecule has 2 fully saturated rings. The number of hydrogen-bond acceptors (Lipinski definition) is 13. The third-order valence-electron chi connectivity index (χ3n) is 6.24. The summed E-state index contributed by atoms with van der Waals surface area (Å²) in [6.45, 7) is 0. The minimum absolute atomic E-state index is 0.0743. The summed E-state index contributed by atoms with van der Waals surface area (Å²) in [7, 11) is 3.54. The van der Waals surface area contributed by atoms with Gasteiger partial charge in [0.1, 0.15) is 10.0 Å². The smallest absolute Gasteiger partial charge is 0.232 e. The van der Waals surface area contributed by atoms with Crippen molar-refractivity contribution in [1.29, 1.82) is 0 Å². The molecule has 4 N–H and O–H groups in total. The Morgan fingerprint density at radius 3 is 2.32 bits per heavy atom.